The number of amides is 1. The van der Waals surface area contributed by atoms with Gasteiger partial charge >= 0.3 is 0 Å². The summed E-state index contributed by atoms with van der Waals surface area (Å²) in [4.78, 5) is 11.9. The summed E-state index contributed by atoms with van der Waals surface area (Å²) >= 11 is 0. The zero-order valence-corrected chi connectivity index (χ0v) is 12.0. The molecule has 0 heterocycles. The number of methoxy groups -OCH3 is 1. The molecule has 2 rings (SSSR count). The minimum Gasteiger partial charge on any atom is -0.393 e. The van der Waals surface area contributed by atoms with Gasteiger partial charge in [-0.25, -0.2) is 0 Å². The van der Waals surface area contributed by atoms with Crippen molar-refractivity contribution < 1.29 is 14.6 Å². The maximum absolute atomic E-state index is 11.9. The summed E-state index contributed by atoms with van der Waals surface area (Å²) in [7, 11) is 1.66. The lowest BCUT2D eigenvalue weighted by molar-refractivity contribution is -0.120. The topological polar surface area (TPSA) is 58.6 Å². The second kappa shape index (κ2) is 7.41. The van der Waals surface area contributed by atoms with Crippen molar-refractivity contribution in [1.82, 2.24) is 5.32 Å². The molecule has 110 valence electrons. The number of ether oxygens (including phenoxy) is 1. The molecule has 0 saturated heterocycles. The molecular weight excluding hydrogens is 254 g/mol. The maximum Gasteiger partial charge on any atom is 0.224 e. The van der Waals surface area contributed by atoms with Crippen LogP contribution in [0.15, 0.2) is 24.3 Å². The Morgan fingerprint density at radius 1 is 1.40 bits per heavy atom. The van der Waals surface area contributed by atoms with Crippen LogP contribution in [0.5, 0.6) is 0 Å². The Hall–Kier alpha value is -1.39. The Morgan fingerprint density at radius 2 is 2.20 bits per heavy atom. The van der Waals surface area contributed by atoms with E-state index in [0.29, 0.717) is 19.6 Å². The van der Waals surface area contributed by atoms with E-state index in [2.05, 4.69) is 5.32 Å². The van der Waals surface area contributed by atoms with Gasteiger partial charge in [0, 0.05) is 19.6 Å². The van der Waals surface area contributed by atoms with Crippen molar-refractivity contribution in [2.24, 2.45) is 5.92 Å². The minimum absolute atomic E-state index is 0.0127. The largest absolute Gasteiger partial charge is 0.393 e. The number of carbonyl (C=O) groups is 1. The van der Waals surface area contributed by atoms with Crippen LogP contribution in [0.3, 0.4) is 0 Å². The Bertz CT molecular complexity index is 447. The number of benzene rings is 1. The van der Waals surface area contributed by atoms with Crippen molar-refractivity contribution in [3.05, 3.63) is 35.4 Å². The number of nitrogens with one attached hydrogen (secondary N) is 1. The third kappa shape index (κ3) is 4.32. The van der Waals surface area contributed by atoms with Gasteiger partial charge in [-0.2, -0.15) is 0 Å². The number of rotatable bonds is 6. The molecule has 0 aromatic heterocycles. The van der Waals surface area contributed by atoms with Gasteiger partial charge in [-0.3, -0.25) is 4.79 Å². The molecule has 0 spiro atoms. The van der Waals surface area contributed by atoms with E-state index in [4.69, 9.17) is 4.74 Å². The average molecular weight is 277 g/mol. The number of aliphatic hydroxyl groups is 1. The quantitative estimate of drug-likeness (QED) is 0.831. The van der Waals surface area contributed by atoms with Crippen LogP contribution in [0.25, 0.3) is 0 Å². The zero-order chi connectivity index (χ0) is 14.4. The highest BCUT2D eigenvalue weighted by atomic mass is 16.5. The molecule has 1 aliphatic carbocycles. The summed E-state index contributed by atoms with van der Waals surface area (Å²) in [5.41, 5.74) is 2.06. The molecule has 0 aliphatic heterocycles. The van der Waals surface area contributed by atoms with Gasteiger partial charge in [-0.05, 0) is 24.0 Å². The van der Waals surface area contributed by atoms with Crippen LogP contribution in [0.1, 0.15) is 30.4 Å². The fourth-order valence-corrected chi connectivity index (χ4v) is 2.74. The standard InChI is InChI=1S/C16H23NO3/c1-20-11-13-5-2-4-12(8-13)9-16(19)17-10-14-6-3-7-15(14)18/h2,4-5,8,14-15,18H,3,6-7,9-11H2,1H3,(H,17,19)/t14-,15+/m1/s1. The van der Waals surface area contributed by atoms with E-state index in [1.807, 2.05) is 24.3 Å². The summed E-state index contributed by atoms with van der Waals surface area (Å²) in [6, 6.07) is 7.87. The molecule has 1 aromatic rings. The Kier molecular flexibility index (Phi) is 5.56. The predicted octanol–water partition coefficient (Wildman–Crippen LogP) is 1.65. The first-order valence-electron chi connectivity index (χ1n) is 7.20. The summed E-state index contributed by atoms with van der Waals surface area (Å²) in [5, 5.41) is 12.6. The molecule has 4 heteroatoms. The van der Waals surface area contributed by atoms with Gasteiger partial charge in [0.05, 0.1) is 19.1 Å². The van der Waals surface area contributed by atoms with Crippen LogP contribution in [0, 0.1) is 5.92 Å². The van der Waals surface area contributed by atoms with Crippen LogP contribution in [-0.2, 0) is 22.6 Å². The van der Waals surface area contributed by atoms with Crippen molar-refractivity contribution in [3.8, 4) is 0 Å². The van der Waals surface area contributed by atoms with E-state index >= 15 is 0 Å². The summed E-state index contributed by atoms with van der Waals surface area (Å²) < 4.78 is 5.09. The molecular formula is C16H23NO3. The van der Waals surface area contributed by atoms with E-state index < -0.39 is 0 Å². The molecule has 1 saturated carbocycles. The van der Waals surface area contributed by atoms with Gasteiger partial charge in [-0.15, -0.1) is 0 Å². The van der Waals surface area contributed by atoms with E-state index in [1.54, 1.807) is 7.11 Å². The van der Waals surface area contributed by atoms with Crippen LogP contribution in [0.2, 0.25) is 0 Å². The van der Waals surface area contributed by atoms with Crippen LogP contribution in [0.4, 0.5) is 0 Å². The summed E-state index contributed by atoms with van der Waals surface area (Å²) in [6.45, 7) is 1.14. The Morgan fingerprint density at radius 3 is 2.90 bits per heavy atom. The van der Waals surface area contributed by atoms with Gasteiger partial charge in [0.15, 0.2) is 0 Å². The molecule has 4 nitrogen and oxygen atoms in total. The molecule has 1 amide bonds. The molecule has 0 bridgehead atoms. The first-order valence-corrected chi connectivity index (χ1v) is 7.20. The maximum atomic E-state index is 11.9. The Balaban J connectivity index is 1.80. The lowest BCUT2D eigenvalue weighted by Crippen LogP contribution is -2.33. The number of aliphatic hydroxyl groups excluding tert-OH is 1. The fraction of sp³-hybridized carbons (Fsp3) is 0.562. The van der Waals surface area contributed by atoms with Crippen LogP contribution < -0.4 is 5.32 Å². The van der Waals surface area contributed by atoms with Gasteiger partial charge in [0.1, 0.15) is 0 Å². The first-order chi connectivity index (χ1) is 9.69. The second-order valence-corrected chi connectivity index (χ2v) is 5.49. The minimum atomic E-state index is -0.250. The average Bonchev–Trinajstić information content (AvgIpc) is 2.83. The number of carbonyl (C=O) groups excluding carboxylic acids is 1. The van der Waals surface area contributed by atoms with Crippen LogP contribution >= 0.6 is 0 Å². The van der Waals surface area contributed by atoms with E-state index in [1.165, 1.54) is 0 Å². The Labute approximate surface area is 120 Å². The molecule has 1 fully saturated rings. The molecule has 20 heavy (non-hydrogen) atoms. The van der Waals surface area contributed by atoms with E-state index in [-0.39, 0.29) is 17.9 Å². The highest BCUT2D eigenvalue weighted by Gasteiger charge is 2.25. The smallest absolute Gasteiger partial charge is 0.224 e. The first kappa shape index (κ1) is 15.0. The fourth-order valence-electron chi connectivity index (χ4n) is 2.74. The molecule has 2 N–H and O–H groups in total. The van der Waals surface area contributed by atoms with E-state index in [0.717, 1.165) is 30.4 Å². The normalized spacial score (nSPS) is 21.9. The predicted molar refractivity (Wildman–Crippen MR) is 77.2 cm³/mol. The van der Waals surface area contributed by atoms with Crippen molar-refractivity contribution in [2.75, 3.05) is 13.7 Å². The monoisotopic (exact) mass is 277 g/mol. The lowest BCUT2D eigenvalue weighted by Gasteiger charge is -2.15. The van der Waals surface area contributed by atoms with E-state index in [9.17, 15) is 9.90 Å². The third-order valence-electron chi connectivity index (χ3n) is 3.85. The second-order valence-electron chi connectivity index (χ2n) is 5.49. The molecule has 2 atom stereocenters. The molecule has 1 aliphatic rings. The van der Waals surface area contributed by atoms with Crippen molar-refractivity contribution >= 4 is 5.91 Å². The summed E-state index contributed by atoms with van der Waals surface area (Å²) in [6.07, 6.45) is 3.05. The number of hydrogen-bond donors (Lipinski definition) is 2. The zero-order valence-electron chi connectivity index (χ0n) is 12.0. The summed E-state index contributed by atoms with van der Waals surface area (Å²) in [5.74, 6) is 0.234. The highest BCUT2D eigenvalue weighted by Crippen LogP contribution is 2.24. The van der Waals surface area contributed by atoms with Crippen molar-refractivity contribution in [1.29, 1.82) is 0 Å². The molecule has 0 unspecified atom stereocenters. The van der Waals surface area contributed by atoms with Crippen molar-refractivity contribution in [3.63, 3.8) is 0 Å². The van der Waals surface area contributed by atoms with Crippen molar-refractivity contribution in [2.45, 2.75) is 38.4 Å². The molecule has 0 radical (unpaired) electrons. The van der Waals surface area contributed by atoms with Gasteiger partial charge < -0.3 is 15.2 Å². The van der Waals surface area contributed by atoms with Gasteiger partial charge in [-0.1, -0.05) is 30.7 Å². The highest BCUT2D eigenvalue weighted by molar-refractivity contribution is 5.78. The third-order valence-corrected chi connectivity index (χ3v) is 3.85. The lowest BCUT2D eigenvalue weighted by atomic mass is 10.1. The SMILES string of the molecule is COCc1cccc(CC(=O)NC[C@H]2CCC[C@@H]2O)c1. The van der Waals surface area contributed by atoms with Crippen LogP contribution in [-0.4, -0.2) is 30.8 Å². The molecule has 1 aromatic carbocycles. The number of hydrogen-bond acceptors (Lipinski definition) is 3. The van der Waals surface area contributed by atoms with Gasteiger partial charge in [0.25, 0.3) is 0 Å². The van der Waals surface area contributed by atoms with Gasteiger partial charge in [0.2, 0.25) is 5.91 Å².